The summed E-state index contributed by atoms with van der Waals surface area (Å²) in [6.45, 7) is 3.56. The van der Waals surface area contributed by atoms with Gasteiger partial charge in [0.1, 0.15) is 5.82 Å². The lowest BCUT2D eigenvalue weighted by molar-refractivity contribution is -0.119. The van der Waals surface area contributed by atoms with E-state index in [0.29, 0.717) is 12.8 Å². The molecule has 1 heterocycles. The van der Waals surface area contributed by atoms with Crippen molar-refractivity contribution < 1.29 is 13.2 Å². The lowest BCUT2D eigenvalue weighted by atomic mass is 10.0. The van der Waals surface area contributed by atoms with Crippen LogP contribution in [0.25, 0.3) is 0 Å². The van der Waals surface area contributed by atoms with Gasteiger partial charge in [-0.3, -0.25) is 9.52 Å². The van der Waals surface area contributed by atoms with Crippen molar-refractivity contribution in [2.24, 2.45) is 0 Å². The molecule has 0 bridgehead atoms. The second-order valence-corrected chi connectivity index (χ2v) is 10.1. The third-order valence-corrected chi connectivity index (χ3v) is 6.66. The summed E-state index contributed by atoms with van der Waals surface area (Å²) in [5.41, 5.74) is 0. The number of carbonyl (C=O) groups excluding carboxylic acids is 1. The molecule has 0 aliphatic carbocycles. The highest BCUT2D eigenvalue weighted by atomic mass is 32.2. The van der Waals surface area contributed by atoms with Crippen molar-refractivity contribution in [3.8, 4) is 0 Å². The van der Waals surface area contributed by atoms with E-state index in [0.717, 1.165) is 37.9 Å². The molecule has 0 radical (unpaired) electrons. The fourth-order valence-electron chi connectivity index (χ4n) is 3.50. The summed E-state index contributed by atoms with van der Waals surface area (Å²) in [6.07, 6.45) is 19.5. The Kier molecular flexibility index (Phi) is 15.7. The van der Waals surface area contributed by atoms with Gasteiger partial charge in [0.15, 0.2) is 0 Å². The Morgan fingerprint density at radius 3 is 1.94 bits per heavy atom. The number of carbonyl (C=O) groups is 1. The van der Waals surface area contributed by atoms with Crippen LogP contribution in [-0.2, 0) is 21.2 Å². The molecule has 0 saturated carbocycles. The van der Waals surface area contributed by atoms with E-state index in [2.05, 4.69) is 31.9 Å². The van der Waals surface area contributed by atoms with Gasteiger partial charge in [-0.1, -0.05) is 76.7 Å². The molecule has 1 aromatic heterocycles. The van der Waals surface area contributed by atoms with E-state index in [1.165, 1.54) is 57.8 Å². The number of aromatic amines is 1. The SMILES string of the molecule is C=CCCCS(=O)(=O)NC(=O)CCCCCCCCCCCCCCCc1nnn[nH]1. The average molecular weight is 456 g/mol. The molecule has 0 saturated heterocycles. The molecule has 0 atom stereocenters. The van der Waals surface area contributed by atoms with Crippen molar-refractivity contribution >= 4 is 15.9 Å². The Balaban J connectivity index is 1.80. The minimum Gasteiger partial charge on any atom is -0.274 e. The molecular weight excluding hydrogens is 414 g/mol. The molecular formula is C22H41N5O3S. The van der Waals surface area contributed by atoms with Gasteiger partial charge in [0.25, 0.3) is 0 Å². The molecule has 0 aliphatic rings. The van der Waals surface area contributed by atoms with Gasteiger partial charge < -0.3 is 0 Å². The number of aromatic nitrogens is 4. The smallest absolute Gasteiger partial charge is 0.234 e. The lowest BCUT2D eigenvalue weighted by Gasteiger charge is -2.06. The van der Waals surface area contributed by atoms with Crippen LogP contribution in [0.15, 0.2) is 12.7 Å². The van der Waals surface area contributed by atoms with Gasteiger partial charge >= 0.3 is 0 Å². The summed E-state index contributed by atoms with van der Waals surface area (Å²) in [5, 5.41) is 13.8. The zero-order chi connectivity index (χ0) is 22.6. The first-order chi connectivity index (χ1) is 15.0. The highest BCUT2D eigenvalue weighted by Crippen LogP contribution is 2.13. The van der Waals surface area contributed by atoms with Crippen LogP contribution in [0.5, 0.6) is 0 Å². The number of allylic oxidation sites excluding steroid dienone is 1. The predicted molar refractivity (Wildman–Crippen MR) is 124 cm³/mol. The molecule has 8 nitrogen and oxygen atoms in total. The second kappa shape index (κ2) is 17.9. The standard InChI is InChI=1S/C22H41N5O3S/c1-2-3-17-20-31(29,30)25-22(28)19-16-14-12-10-8-6-4-5-7-9-11-13-15-18-21-23-26-27-24-21/h2H,1,3-20H2,(H,25,28)(H,23,24,26,27). The topological polar surface area (TPSA) is 118 Å². The maximum atomic E-state index is 11.7. The molecule has 31 heavy (non-hydrogen) atoms. The molecule has 1 rings (SSSR count). The fourth-order valence-corrected chi connectivity index (χ4v) is 4.60. The Labute approximate surface area is 188 Å². The molecule has 0 unspecified atom stereocenters. The Morgan fingerprint density at radius 2 is 1.42 bits per heavy atom. The summed E-state index contributed by atoms with van der Waals surface area (Å²) in [7, 11) is -3.49. The number of amides is 1. The van der Waals surface area contributed by atoms with Gasteiger partial charge in [-0.2, -0.15) is 0 Å². The maximum absolute atomic E-state index is 11.7. The Hall–Kier alpha value is -1.77. The van der Waals surface area contributed by atoms with Crippen molar-refractivity contribution in [3.05, 3.63) is 18.5 Å². The fraction of sp³-hybridized carbons (Fsp3) is 0.818. The summed E-state index contributed by atoms with van der Waals surface area (Å²) >= 11 is 0. The van der Waals surface area contributed by atoms with Gasteiger partial charge in [-0.05, 0) is 36.1 Å². The molecule has 1 aromatic rings. The van der Waals surface area contributed by atoms with Gasteiger partial charge in [0.05, 0.1) is 5.75 Å². The lowest BCUT2D eigenvalue weighted by Crippen LogP contribution is -2.32. The Bertz CT molecular complexity index is 677. The quantitative estimate of drug-likeness (QED) is 0.206. The highest BCUT2D eigenvalue weighted by molar-refractivity contribution is 7.90. The van der Waals surface area contributed by atoms with E-state index in [4.69, 9.17) is 0 Å². The number of nitrogens with zero attached hydrogens (tertiary/aromatic N) is 3. The molecule has 178 valence electrons. The summed E-state index contributed by atoms with van der Waals surface area (Å²) in [4.78, 5) is 11.7. The van der Waals surface area contributed by atoms with E-state index in [-0.39, 0.29) is 18.1 Å². The molecule has 9 heteroatoms. The van der Waals surface area contributed by atoms with Gasteiger partial charge in [0.2, 0.25) is 15.9 Å². The van der Waals surface area contributed by atoms with E-state index in [9.17, 15) is 13.2 Å². The number of aryl methyl sites for hydroxylation is 1. The Morgan fingerprint density at radius 1 is 0.871 bits per heavy atom. The van der Waals surface area contributed by atoms with Crippen molar-refractivity contribution in [2.45, 2.75) is 109 Å². The predicted octanol–water partition coefficient (Wildman–Crippen LogP) is 4.62. The van der Waals surface area contributed by atoms with Gasteiger partial charge in [0, 0.05) is 12.8 Å². The second-order valence-electron chi connectivity index (χ2n) is 8.22. The van der Waals surface area contributed by atoms with Crippen LogP contribution in [-0.4, -0.2) is 40.7 Å². The van der Waals surface area contributed by atoms with Crippen molar-refractivity contribution in [1.29, 1.82) is 0 Å². The molecule has 0 aromatic carbocycles. The number of hydrogen-bond donors (Lipinski definition) is 2. The number of H-pyrrole nitrogens is 1. The van der Waals surface area contributed by atoms with Crippen LogP contribution >= 0.6 is 0 Å². The first-order valence-corrected chi connectivity index (χ1v) is 13.6. The van der Waals surface area contributed by atoms with Crippen LogP contribution in [0.2, 0.25) is 0 Å². The number of sulfonamides is 1. The molecule has 0 spiro atoms. The zero-order valence-electron chi connectivity index (χ0n) is 19.0. The van der Waals surface area contributed by atoms with Crippen LogP contribution in [0, 0.1) is 0 Å². The van der Waals surface area contributed by atoms with E-state index >= 15 is 0 Å². The van der Waals surface area contributed by atoms with Crippen molar-refractivity contribution in [3.63, 3.8) is 0 Å². The first-order valence-electron chi connectivity index (χ1n) is 11.9. The van der Waals surface area contributed by atoms with E-state index < -0.39 is 10.0 Å². The zero-order valence-corrected chi connectivity index (χ0v) is 19.8. The summed E-state index contributed by atoms with van der Waals surface area (Å²) in [6, 6.07) is 0. The minimum absolute atomic E-state index is 0.0215. The molecule has 1 amide bonds. The van der Waals surface area contributed by atoms with Crippen molar-refractivity contribution in [1.82, 2.24) is 25.3 Å². The van der Waals surface area contributed by atoms with Crippen LogP contribution in [0.1, 0.15) is 109 Å². The van der Waals surface area contributed by atoms with Gasteiger partial charge in [-0.25, -0.2) is 13.5 Å². The molecule has 0 aliphatic heterocycles. The normalized spacial score (nSPS) is 11.5. The third kappa shape index (κ3) is 16.6. The first kappa shape index (κ1) is 27.3. The molecule has 2 N–H and O–H groups in total. The maximum Gasteiger partial charge on any atom is 0.234 e. The minimum atomic E-state index is -3.49. The third-order valence-electron chi connectivity index (χ3n) is 5.30. The summed E-state index contributed by atoms with van der Waals surface area (Å²) in [5.74, 6) is 0.478. The number of hydrogen-bond acceptors (Lipinski definition) is 6. The van der Waals surface area contributed by atoms with Crippen LogP contribution < -0.4 is 4.72 Å². The largest absolute Gasteiger partial charge is 0.274 e. The van der Waals surface area contributed by atoms with Crippen LogP contribution in [0.4, 0.5) is 0 Å². The number of unbranched alkanes of at least 4 members (excludes halogenated alkanes) is 13. The van der Waals surface area contributed by atoms with Crippen LogP contribution in [0.3, 0.4) is 0 Å². The average Bonchev–Trinajstić information content (AvgIpc) is 3.24. The van der Waals surface area contributed by atoms with Crippen molar-refractivity contribution in [2.75, 3.05) is 5.75 Å². The summed E-state index contributed by atoms with van der Waals surface area (Å²) < 4.78 is 25.6. The number of rotatable bonds is 21. The number of nitrogens with one attached hydrogen (secondary N) is 2. The van der Waals surface area contributed by atoms with E-state index in [1.54, 1.807) is 6.08 Å². The molecule has 0 fully saturated rings. The van der Waals surface area contributed by atoms with E-state index in [1.807, 2.05) is 0 Å². The number of tetrazole rings is 1. The highest BCUT2D eigenvalue weighted by Gasteiger charge is 2.13. The van der Waals surface area contributed by atoms with Gasteiger partial charge in [-0.15, -0.1) is 11.7 Å². The monoisotopic (exact) mass is 455 g/mol.